The zero-order valence-corrected chi connectivity index (χ0v) is 17.8. The molecule has 11 heteroatoms. The van der Waals surface area contributed by atoms with E-state index in [2.05, 4.69) is 5.32 Å². The van der Waals surface area contributed by atoms with Crippen LogP contribution in [0.5, 0.6) is 0 Å². The van der Waals surface area contributed by atoms with Gasteiger partial charge in [-0.1, -0.05) is 30.3 Å². The van der Waals surface area contributed by atoms with Crippen LogP contribution in [0.25, 0.3) is 0 Å². The lowest BCUT2D eigenvalue weighted by Crippen LogP contribution is -2.42. The van der Waals surface area contributed by atoms with E-state index in [4.69, 9.17) is 4.84 Å². The molecule has 0 spiro atoms. The molecule has 2 aromatic carbocycles. The third kappa shape index (κ3) is 6.19. The smallest absolute Gasteiger partial charge is 0.325 e. The number of hydrogen-bond donors (Lipinski definition) is 1. The number of anilines is 1. The van der Waals surface area contributed by atoms with Gasteiger partial charge < -0.3 is 5.32 Å². The van der Waals surface area contributed by atoms with E-state index in [9.17, 15) is 31.1 Å². The third-order valence-corrected chi connectivity index (χ3v) is 5.70. The molecule has 1 heterocycles. The van der Waals surface area contributed by atoms with Crippen LogP contribution in [0.4, 0.5) is 32.0 Å². The number of pyridine rings is 1. The molecular weight excluding hydrogens is 470 g/mol. The summed E-state index contributed by atoms with van der Waals surface area (Å²) in [4.78, 5) is 18.3. The SMILES string of the molecule is CO[n+]1ccccc1SC(C(=O)Nc1cc(C(F)(F)F)cc(C(F)(F)F)c1)c1ccccc1. The Morgan fingerprint density at radius 3 is 2.03 bits per heavy atom. The van der Waals surface area contributed by atoms with Crippen molar-refractivity contribution < 1.29 is 40.7 Å². The number of benzene rings is 2. The molecule has 174 valence electrons. The topological polar surface area (TPSA) is 42.2 Å². The highest BCUT2D eigenvalue weighted by molar-refractivity contribution is 8.00. The molecule has 0 fully saturated rings. The fourth-order valence-electron chi connectivity index (χ4n) is 2.91. The maximum absolute atomic E-state index is 13.2. The summed E-state index contributed by atoms with van der Waals surface area (Å²) in [7, 11) is 1.41. The van der Waals surface area contributed by atoms with Crippen molar-refractivity contribution in [3.63, 3.8) is 0 Å². The summed E-state index contributed by atoms with van der Waals surface area (Å²) in [6.07, 6.45) is -8.46. The van der Waals surface area contributed by atoms with E-state index in [1.807, 2.05) is 0 Å². The van der Waals surface area contributed by atoms with E-state index in [-0.39, 0.29) is 6.07 Å². The number of amides is 1. The molecule has 0 aliphatic heterocycles. The maximum Gasteiger partial charge on any atom is 0.416 e. The fourth-order valence-corrected chi connectivity index (χ4v) is 4.01. The van der Waals surface area contributed by atoms with Crippen LogP contribution in [0, 0.1) is 0 Å². The fraction of sp³-hybridized carbons (Fsp3) is 0.182. The number of rotatable bonds is 6. The monoisotopic (exact) mass is 487 g/mol. The Bertz CT molecular complexity index is 1090. The van der Waals surface area contributed by atoms with Crippen molar-refractivity contribution in [1.82, 2.24) is 0 Å². The maximum atomic E-state index is 13.2. The van der Waals surface area contributed by atoms with Gasteiger partial charge in [-0.3, -0.25) is 9.63 Å². The summed E-state index contributed by atoms with van der Waals surface area (Å²) in [5.74, 6) is -0.801. The first kappa shape index (κ1) is 24.4. The zero-order chi connectivity index (χ0) is 24.2. The van der Waals surface area contributed by atoms with E-state index in [0.717, 1.165) is 11.8 Å². The van der Waals surface area contributed by atoms with Crippen LogP contribution in [-0.4, -0.2) is 13.0 Å². The number of nitrogens with zero attached hydrogens (tertiary/aromatic N) is 1. The van der Waals surface area contributed by atoms with Gasteiger partial charge in [-0.05, 0) is 41.6 Å². The first-order valence-electron chi connectivity index (χ1n) is 9.36. The molecule has 4 nitrogen and oxygen atoms in total. The van der Waals surface area contributed by atoms with Gasteiger partial charge in [0, 0.05) is 22.6 Å². The van der Waals surface area contributed by atoms with Crippen LogP contribution < -0.4 is 14.9 Å². The highest BCUT2D eigenvalue weighted by Gasteiger charge is 2.37. The Kier molecular flexibility index (Phi) is 7.21. The number of carbonyl (C=O) groups is 1. The van der Waals surface area contributed by atoms with E-state index < -0.39 is 40.3 Å². The Morgan fingerprint density at radius 2 is 1.48 bits per heavy atom. The Morgan fingerprint density at radius 1 is 0.909 bits per heavy atom. The van der Waals surface area contributed by atoms with Crippen LogP contribution in [0.15, 0.2) is 78.0 Å². The molecule has 1 amide bonds. The summed E-state index contributed by atoms with van der Waals surface area (Å²) < 4.78 is 80.4. The van der Waals surface area contributed by atoms with Gasteiger partial charge in [0.2, 0.25) is 12.1 Å². The number of hydrogen-bond acceptors (Lipinski definition) is 3. The Balaban J connectivity index is 1.99. The van der Waals surface area contributed by atoms with Crippen LogP contribution >= 0.6 is 11.8 Å². The van der Waals surface area contributed by atoms with Gasteiger partial charge in [-0.15, -0.1) is 0 Å². The summed E-state index contributed by atoms with van der Waals surface area (Å²) in [6.45, 7) is 0. The highest BCUT2D eigenvalue weighted by Crippen LogP contribution is 2.39. The average molecular weight is 487 g/mol. The molecule has 1 atom stereocenters. The second kappa shape index (κ2) is 9.74. The largest absolute Gasteiger partial charge is 0.416 e. The number of halogens is 6. The van der Waals surface area contributed by atoms with Crippen molar-refractivity contribution >= 4 is 23.4 Å². The summed E-state index contributed by atoms with van der Waals surface area (Å²) in [6, 6.07) is 14.3. The minimum atomic E-state index is -5.03. The van der Waals surface area contributed by atoms with Crippen molar-refractivity contribution in [1.29, 1.82) is 0 Å². The Labute approximate surface area is 189 Å². The molecular formula is C22H17F6N2O2S+. The van der Waals surface area contributed by atoms with Crippen LogP contribution in [0.2, 0.25) is 0 Å². The quantitative estimate of drug-likeness (QED) is 0.282. The molecule has 0 aliphatic carbocycles. The zero-order valence-electron chi connectivity index (χ0n) is 16.9. The standard InChI is InChI=1S/C22H16F6N2O2S/c1-32-30-10-6-5-9-18(30)33-19(14-7-3-2-4-8-14)20(31)29-17-12-15(21(23,24)25)11-16(13-17)22(26,27)28/h2-13,19H,1H3/p+1. The first-order valence-corrected chi connectivity index (χ1v) is 10.2. The Hall–Kier alpha value is -3.21. The molecule has 0 radical (unpaired) electrons. The van der Waals surface area contributed by atoms with E-state index in [0.29, 0.717) is 22.7 Å². The van der Waals surface area contributed by atoms with Crippen LogP contribution in [0.3, 0.4) is 0 Å². The van der Waals surface area contributed by atoms with Gasteiger partial charge >= 0.3 is 12.4 Å². The highest BCUT2D eigenvalue weighted by atomic mass is 32.2. The average Bonchev–Trinajstić information content (AvgIpc) is 2.76. The number of nitrogens with one attached hydrogen (secondary N) is 1. The molecule has 0 saturated carbocycles. The first-order chi connectivity index (χ1) is 15.5. The minimum Gasteiger partial charge on any atom is -0.325 e. The predicted octanol–water partition coefficient (Wildman–Crippen LogP) is 5.54. The summed E-state index contributed by atoms with van der Waals surface area (Å²) >= 11 is 1.02. The van der Waals surface area contributed by atoms with Crippen molar-refractivity contribution in [3.8, 4) is 0 Å². The number of thioether (sulfide) groups is 1. The third-order valence-electron chi connectivity index (χ3n) is 4.42. The minimum absolute atomic E-state index is 0.00452. The van der Waals surface area contributed by atoms with Gasteiger partial charge in [0.15, 0.2) is 0 Å². The molecule has 0 saturated heterocycles. The van der Waals surface area contributed by atoms with Crippen LogP contribution in [0.1, 0.15) is 21.9 Å². The number of alkyl halides is 6. The second-order valence-corrected chi connectivity index (χ2v) is 7.87. The molecule has 1 unspecified atom stereocenters. The van der Waals surface area contributed by atoms with Gasteiger partial charge in [0.25, 0.3) is 5.03 Å². The lowest BCUT2D eigenvalue weighted by Gasteiger charge is -2.18. The molecule has 0 bridgehead atoms. The van der Waals surface area contributed by atoms with E-state index in [1.165, 1.54) is 11.8 Å². The van der Waals surface area contributed by atoms with Crippen molar-refractivity contribution in [2.24, 2.45) is 0 Å². The number of carbonyl (C=O) groups excluding carboxylic acids is 1. The van der Waals surface area contributed by atoms with Crippen molar-refractivity contribution in [3.05, 3.63) is 89.6 Å². The van der Waals surface area contributed by atoms with Gasteiger partial charge in [-0.2, -0.15) is 26.3 Å². The van der Waals surface area contributed by atoms with Gasteiger partial charge in [-0.25, -0.2) is 0 Å². The molecule has 33 heavy (non-hydrogen) atoms. The van der Waals surface area contributed by atoms with Gasteiger partial charge in [0.05, 0.1) is 11.1 Å². The normalized spacial score (nSPS) is 12.8. The number of aromatic nitrogens is 1. The second-order valence-electron chi connectivity index (χ2n) is 6.74. The van der Waals surface area contributed by atoms with E-state index in [1.54, 1.807) is 54.7 Å². The molecule has 3 aromatic rings. The summed E-state index contributed by atoms with van der Waals surface area (Å²) in [5.41, 5.74) is -3.15. The van der Waals surface area contributed by atoms with E-state index >= 15 is 0 Å². The van der Waals surface area contributed by atoms with Gasteiger partial charge in [0.1, 0.15) is 12.4 Å². The summed E-state index contributed by atoms with van der Waals surface area (Å²) in [5, 5.41) is 1.70. The predicted molar refractivity (Wildman–Crippen MR) is 109 cm³/mol. The van der Waals surface area contributed by atoms with Crippen molar-refractivity contribution in [2.75, 3.05) is 12.4 Å². The molecule has 3 rings (SSSR count). The molecule has 1 aromatic heterocycles. The molecule has 1 N–H and O–H groups in total. The lowest BCUT2D eigenvalue weighted by molar-refractivity contribution is -0.913. The lowest BCUT2D eigenvalue weighted by atomic mass is 10.1. The molecule has 0 aliphatic rings. The van der Waals surface area contributed by atoms with Crippen molar-refractivity contribution in [2.45, 2.75) is 22.6 Å². The van der Waals surface area contributed by atoms with Crippen LogP contribution in [-0.2, 0) is 17.1 Å².